The van der Waals surface area contributed by atoms with Crippen LogP contribution >= 0.6 is 11.6 Å². The molecule has 1 amide bonds. The molecule has 1 aromatic carbocycles. The van der Waals surface area contributed by atoms with Crippen LogP contribution in [0.1, 0.15) is 37.0 Å². The van der Waals surface area contributed by atoms with Crippen molar-refractivity contribution in [1.29, 1.82) is 0 Å². The molecule has 19 heavy (non-hydrogen) atoms. The molecular formula is C14H18ClF2NO. The summed E-state index contributed by atoms with van der Waals surface area (Å²) in [5.41, 5.74) is -0.239. The van der Waals surface area contributed by atoms with Crippen molar-refractivity contribution < 1.29 is 13.6 Å². The molecule has 0 heterocycles. The van der Waals surface area contributed by atoms with Gasteiger partial charge < -0.3 is 4.90 Å². The maximum Gasteiger partial charge on any atom is 0.257 e. The number of carbonyl (C=O) groups excluding carboxylic acids is 1. The average Bonchev–Trinajstić information content (AvgIpc) is 2.41. The summed E-state index contributed by atoms with van der Waals surface area (Å²) in [6.07, 6.45) is 1.49. The minimum Gasteiger partial charge on any atom is -0.334 e. The van der Waals surface area contributed by atoms with Crippen LogP contribution in [0.3, 0.4) is 0 Å². The Morgan fingerprint density at radius 2 is 1.95 bits per heavy atom. The Morgan fingerprint density at radius 3 is 2.47 bits per heavy atom. The molecule has 106 valence electrons. The van der Waals surface area contributed by atoms with Gasteiger partial charge in [0, 0.05) is 18.5 Å². The molecule has 0 saturated carbocycles. The Hall–Kier alpha value is -1.16. The minimum absolute atomic E-state index is 0.0195. The second kappa shape index (κ2) is 7.43. The number of benzene rings is 1. The quantitative estimate of drug-likeness (QED) is 0.729. The van der Waals surface area contributed by atoms with Gasteiger partial charge in [0.2, 0.25) is 0 Å². The standard InChI is InChI=1S/C14H18ClF2NO/c1-3-10(4-2)18(9-8-15)14(19)11-6-5-7-12(16)13(11)17/h5-7,10H,3-4,8-9H2,1-2H3. The van der Waals surface area contributed by atoms with Gasteiger partial charge in [-0.05, 0) is 25.0 Å². The largest absolute Gasteiger partial charge is 0.334 e. The fourth-order valence-corrected chi connectivity index (χ4v) is 2.28. The summed E-state index contributed by atoms with van der Waals surface area (Å²) in [5, 5.41) is 0. The lowest BCUT2D eigenvalue weighted by molar-refractivity contribution is 0.0675. The number of halogens is 3. The van der Waals surface area contributed by atoms with E-state index in [0.29, 0.717) is 6.54 Å². The Morgan fingerprint density at radius 1 is 1.32 bits per heavy atom. The minimum atomic E-state index is -1.10. The van der Waals surface area contributed by atoms with E-state index in [1.54, 1.807) is 0 Å². The molecule has 0 aliphatic heterocycles. The highest BCUT2D eigenvalue weighted by molar-refractivity contribution is 6.18. The van der Waals surface area contributed by atoms with E-state index in [4.69, 9.17) is 11.6 Å². The van der Waals surface area contributed by atoms with E-state index in [0.717, 1.165) is 18.9 Å². The Balaban J connectivity index is 3.08. The van der Waals surface area contributed by atoms with Crippen molar-refractivity contribution in [2.24, 2.45) is 0 Å². The normalized spacial score (nSPS) is 10.8. The summed E-state index contributed by atoms with van der Waals surface area (Å²) in [5.74, 6) is -2.36. The van der Waals surface area contributed by atoms with E-state index >= 15 is 0 Å². The topological polar surface area (TPSA) is 20.3 Å². The number of amides is 1. The summed E-state index contributed by atoms with van der Waals surface area (Å²) < 4.78 is 26.9. The van der Waals surface area contributed by atoms with Crippen molar-refractivity contribution in [2.75, 3.05) is 12.4 Å². The molecule has 0 aliphatic rings. The maximum atomic E-state index is 13.7. The highest BCUT2D eigenvalue weighted by Gasteiger charge is 2.25. The third-order valence-corrected chi connectivity index (χ3v) is 3.32. The van der Waals surface area contributed by atoms with Gasteiger partial charge in [0.1, 0.15) is 0 Å². The van der Waals surface area contributed by atoms with E-state index in [-0.39, 0.29) is 17.5 Å². The molecule has 0 aromatic heterocycles. The van der Waals surface area contributed by atoms with Crippen LogP contribution < -0.4 is 0 Å². The first-order valence-electron chi connectivity index (χ1n) is 6.37. The SMILES string of the molecule is CCC(CC)N(CCCl)C(=O)c1cccc(F)c1F. The van der Waals surface area contributed by atoms with Gasteiger partial charge in [-0.3, -0.25) is 4.79 Å². The molecule has 0 aliphatic carbocycles. The fourth-order valence-electron chi connectivity index (χ4n) is 2.09. The second-order valence-electron chi connectivity index (χ2n) is 4.26. The number of hydrogen-bond donors (Lipinski definition) is 0. The lowest BCUT2D eigenvalue weighted by Gasteiger charge is -2.30. The van der Waals surface area contributed by atoms with Crippen LogP contribution in [-0.4, -0.2) is 29.3 Å². The zero-order valence-corrected chi connectivity index (χ0v) is 11.9. The highest BCUT2D eigenvalue weighted by Crippen LogP contribution is 2.18. The summed E-state index contributed by atoms with van der Waals surface area (Å²) in [4.78, 5) is 13.8. The Labute approximate surface area is 117 Å². The molecule has 0 N–H and O–H groups in total. The molecule has 1 aromatic rings. The van der Waals surface area contributed by atoms with Crippen molar-refractivity contribution >= 4 is 17.5 Å². The maximum absolute atomic E-state index is 13.7. The van der Waals surface area contributed by atoms with Crippen LogP contribution in [0.2, 0.25) is 0 Å². The Bertz CT molecular complexity index is 435. The monoisotopic (exact) mass is 289 g/mol. The van der Waals surface area contributed by atoms with E-state index in [1.807, 2.05) is 13.8 Å². The summed E-state index contributed by atoms with van der Waals surface area (Å²) in [7, 11) is 0. The Kier molecular flexibility index (Phi) is 6.22. The van der Waals surface area contributed by atoms with Crippen molar-refractivity contribution in [3.05, 3.63) is 35.4 Å². The van der Waals surface area contributed by atoms with Gasteiger partial charge in [-0.15, -0.1) is 11.6 Å². The first-order valence-corrected chi connectivity index (χ1v) is 6.91. The van der Waals surface area contributed by atoms with Crippen LogP contribution in [0.4, 0.5) is 8.78 Å². The predicted octanol–water partition coefficient (Wildman–Crippen LogP) is 3.83. The number of alkyl halides is 1. The molecule has 0 saturated heterocycles. The second-order valence-corrected chi connectivity index (χ2v) is 4.64. The van der Waals surface area contributed by atoms with E-state index < -0.39 is 17.5 Å². The molecule has 0 fully saturated rings. The molecule has 2 nitrogen and oxygen atoms in total. The van der Waals surface area contributed by atoms with Crippen molar-refractivity contribution in [2.45, 2.75) is 32.7 Å². The van der Waals surface area contributed by atoms with Gasteiger partial charge in [-0.2, -0.15) is 0 Å². The van der Waals surface area contributed by atoms with Gasteiger partial charge in [0.15, 0.2) is 11.6 Å². The number of nitrogens with zero attached hydrogens (tertiary/aromatic N) is 1. The lowest BCUT2D eigenvalue weighted by atomic mass is 10.1. The summed E-state index contributed by atoms with van der Waals surface area (Å²) in [6, 6.07) is 3.60. The van der Waals surface area contributed by atoms with Crippen LogP contribution in [0, 0.1) is 11.6 Å². The fraction of sp³-hybridized carbons (Fsp3) is 0.500. The van der Waals surface area contributed by atoms with Gasteiger partial charge in [-0.25, -0.2) is 8.78 Å². The number of rotatable bonds is 6. The van der Waals surface area contributed by atoms with E-state index in [9.17, 15) is 13.6 Å². The molecule has 5 heteroatoms. The van der Waals surface area contributed by atoms with Crippen LogP contribution in [-0.2, 0) is 0 Å². The molecule has 0 unspecified atom stereocenters. The van der Waals surface area contributed by atoms with Crippen molar-refractivity contribution in [3.8, 4) is 0 Å². The predicted molar refractivity (Wildman–Crippen MR) is 72.5 cm³/mol. The zero-order valence-electron chi connectivity index (χ0n) is 11.1. The molecule has 1 rings (SSSR count). The lowest BCUT2D eigenvalue weighted by Crippen LogP contribution is -2.41. The number of carbonyl (C=O) groups is 1. The van der Waals surface area contributed by atoms with Gasteiger partial charge in [0.05, 0.1) is 5.56 Å². The van der Waals surface area contributed by atoms with E-state index in [2.05, 4.69) is 0 Å². The van der Waals surface area contributed by atoms with Crippen molar-refractivity contribution in [1.82, 2.24) is 4.90 Å². The van der Waals surface area contributed by atoms with Crippen LogP contribution in [0.15, 0.2) is 18.2 Å². The third kappa shape index (κ3) is 3.66. The van der Waals surface area contributed by atoms with Gasteiger partial charge in [0.25, 0.3) is 5.91 Å². The highest BCUT2D eigenvalue weighted by atomic mass is 35.5. The van der Waals surface area contributed by atoms with E-state index in [1.165, 1.54) is 17.0 Å². The third-order valence-electron chi connectivity index (χ3n) is 3.15. The van der Waals surface area contributed by atoms with Crippen LogP contribution in [0.25, 0.3) is 0 Å². The van der Waals surface area contributed by atoms with Gasteiger partial charge >= 0.3 is 0 Å². The molecule has 0 radical (unpaired) electrons. The molecule has 0 bridgehead atoms. The van der Waals surface area contributed by atoms with Gasteiger partial charge in [-0.1, -0.05) is 19.9 Å². The zero-order chi connectivity index (χ0) is 14.4. The first kappa shape index (κ1) is 15.9. The first-order chi connectivity index (χ1) is 9.06. The average molecular weight is 290 g/mol. The smallest absolute Gasteiger partial charge is 0.257 e. The summed E-state index contributed by atoms with van der Waals surface area (Å²) in [6.45, 7) is 4.22. The molecule has 0 spiro atoms. The molecule has 0 atom stereocenters. The van der Waals surface area contributed by atoms with Crippen LogP contribution in [0.5, 0.6) is 0 Å². The summed E-state index contributed by atoms with van der Waals surface area (Å²) >= 11 is 5.70. The van der Waals surface area contributed by atoms with Crippen molar-refractivity contribution in [3.63, 3.8) is 0 Å². The number of hydrogen-bond acceptors (Lipinski definition) is 1. The molecular weight excluding hydrogens is 272 g/mol.